The molecule has 1 fully saturated rings. The summed E-state index contributed by atoms with van der Waals surface area (Å²) in [6.07, 6.45) is -0.268. The van der Waals surface area contributed by atoms with Crippen molar-refractivity contribution < 1.29 is 9.53 Å². The zero-order valence-corrected chi connectivity index (χ0v) is 19.1. The molecule has 1 amide bonds. The smallest absolute Gasteiger partial charge is 0.410 e. The number of nitrogens with zero attached hydrogens (tertiary/aromatic N) is 5. The van der Waals surface area contributed by atoms with Gasteiger partial charge in [0.1, 0.15) is 5.60 Å². The molecule has 7 nitrogen and oxygen atoms in total. The molecule has 166 valence electrons. The maximum atomic E-state index is 12.6. The molecule has 0 aliphatic carbocycles. The molecule has 3 aromatic rings. The molecule has 1 saturated heterocycles. The van der Waals surface area contributed by atoms with E-state index in [1.807, 2.05) is 70.2 Å². The first-order valence-electron chi connectivity index (χ1n) is 10.9. The molecule has 4 rings (SSSR count). The molecule has 0 bridgehead atoms. The molecular formula is C25H29N5O2. The quantitative estimate of drug-likeness (QED) is 0.614. The third-order valence-electron chi connectivity index (χ3n) is 5.60. The summed E-state index contributed by atoms with van der Waals surface area (Å²) in [6.45, 7) is 10.3. The Balaban J connectivity index is 1.60. The normalized spacial score (nSPS) is 16.8. The maximum absolute atomic E-state index is 12.6. The number of imidazole rings is 1. The lowest BCUT2D eigenvalue weighted by Gasteiger charge is -2.40. The highest BCUT2D eigenvalue weighted by atomic mass is 16.6. The van der Waals surface area contributed by atoms with Crippen LogP contribution in [0.3, 0.4) is 0 Å². The number of nitriles is 1. The highest BCUT2D eigenvalue weighted by Crippen LogP contribution is 2.27. The van der Waals surface area contributed by atoms with E-state index in [9.17, 15) is 4.79 Å². The molecule has 1 aromatic heterocycles. The first kappa shape index (κ1) is 21.7. The van der Waals surface area contributed by atoms with Crippen molar-refractivity contribution in [3.8, 4) is 6.07 Å². The molecule has 32 heavy (non-hydrogen) atoms. The molecule has 1 atom stereocenters. The predicted octanol–water partition coefficient (Wildman–Crippen LogP) is 4.40. The minimum Gasteiger partial charge on any atom is -0.444 e. The van der Waals surface area contributed by atoms with E-state index in [1.54, 1.807) is 4.90 Å². The average Bonchev–Trinajstić information content (AvgIpc) is 3.11. The van der Waals surface area contributed by atoms with Gasteiger partial charge in [-0.1, -0.05) is 24.3 Å². The lowest BCUT2D eigenvalue weighted by molar-refractivity contribution is 0.0158. The fourth-order valence-corrected chi connectivity index (χ4v) is 4.06. The second kappa shape index (κ2) is 8.54. The van der Waals surface area contributed by atoms with Crippen LogP contribution < -0.4 is 4.90 Å². The van der Waals surface area contributed by atoms with Gasteiger partial charge in [-0.15, -0.1) is 0 Å². The van der Waals surface area contributed by atoms with Crippen LogP contribution >= 0.6 is 0 Å². The van der Waals surface area contributed by atoms with Crippen LogP contribution in [0, 0.1) is 11.3 Å². The molecule has 0 radical (unpaired) electrons. The minimum absolute atomic E-state index is 0.00164. The second-order valence-electron chi connectivity index (χ2n) is 9.26. The van der Waals surface area contributed by atoms with Crippen molar-refractivity contribution in [2.75, 3.05) is 24.5 Å². The zero-order chi connectivity index (χ0) is 22.9. The number of para-hydroxylation sites is 2. The highest BCUT2D eigenvalue weighted by Gasteiger charge is 2.32. The Morgan fingerprint density at radius 1 is 1.16 bits per heavy atom. The summed E-state index contributed by atoms with van der Waals surface area (Å²) < 4.78 is 7.80. The number of ether oxygens (including phenoxy) is 1. The van der Waals surface area contributed by atoms with Gasteiger partial charge >= 0.3 is 6.09 Å². The fourth-order valence-electron chi connectivity index (χ4n) is 4.06. The third kappa shape index (κ3) is 4.54. The van der Waals surface area contributed by atoms with Crippen molar-refractivity contribution in [1.29, 1.82) is 5.26 Å². The maximum Gasteiger partial charge on any atom is 0.410 e. The molecular weight excluding hydrogens is 402 g/mol. The van der Waals surface area contributed by atoms with Crippen molar-refractivity contribution in [3.63, 3.8) is 0 Å². The number of hydrogen-bond donors (Lipinski definition) is 0. The number of carbonyl (C=O) groups excluding carboxylic acids is 1. The molecule has 0 saturated carbocycles. The van der Waals surface area contributed by atoms with Crippen molar-refractivity contribution in [3.05, 3.63) is 59.7 Å². The lowest BCUT2D eigenvalue weighted by Crippen LogP contribution is -2.55. The Morgan fingerprint density at radius 3 is 2.53 bits per heavy atom. The number of piperazine rings is 1. The summed E-state index contributed by atoms with van der Waals surface area (Å²) in [7, 11) is 0. The van der Waals surface area contributed by atoms with Gasteiger partial charge in [0, 0.05) is 25.7 Å². The molecule has 1 aliphatic rings. The molecule has 7 heteroatoms. The molecule has 0 unspecified atom stereocenters. The van der Waals surface area contributed by atoms with E-state index in [1.165, 1.54) is 0 Å². The molecule has 2 aromatic carbocycles. The first-order chi connectivity index (χ1) is 15.2. The number of amides is 1. The molecule has 0 spiro atoms. The van der Waals surface area contributed by atoms with Gasteiger partial charge < -0.3 is 19.1 Å². The molecule has 2 heterocycles. The van der Waals surface area contributed by atoms with E-state index < -0.39 is 5.60 Å². The summed E-state index contributed by atoms with van der Waals surface area (Å²) in [5, 5.41) is 9.08. The fraction of sp³-hybridized carbons (Fsp3) is 0.400. The van der Waals surface area contributed by atoms with E-state index in [2.05, 4.69) is 21.6 Å². The van der Waals surface area contributed by atoms with E-state index >= 15 is 0 Å². The van der Waals surface area contributed by atoms with Crippen molar-refractivity contribution >= 4 is 23.1 Å². The van der Waals surface area contributed by atoms with Gasteiger partial charge in [0.15, 0.2) is 0 Å². The van der Waals surface area contributed by atoms with Crippen LogP contribution in [0.5, 0.6) is 0 Å². The third-order valence-corrected chi connectivity index (χ3v) is 5.60. The zero-order valence-electron chi connectivity index (χ0n) is 19.1. The van der Waals surface area contributed by atoms with Gasteiger partial charge in [0.2, 0.25) is 5.95 Å². The number of fused-ring (bicyclic) bond motifs is 1. The van der Waals surface area contributed by atoms with Gasteiger partial charge in [-0.2, -0.15) is 5.26 Å². The number of aromatic nitrogens is 2. The second-order valence-corrected chi connectivity index (χ2v) is 9.26. The van der Waals surface area contributed by atoms with Gasteiger partial charge in [-0.3, -0.25) is 0 Å². The van der Waals surface area contributed by atoms with E-state index in [4.69, 9.17) is 15.0 Å². The van der Waals surface area contributed by atoms with Crippen LogP contribution in [0.4, 0.5) is 10.7 Å². The van der Waals surface area contributed by atoms with Crippen molar-refractivity contribution in [2.45, 2.75) is 45.9 Å². The Morgan fingerprint density at radius 2 is 1.88 bits per heavy atom. The lowest BCUT2D eigenvalue weighted by atomic mass is 10.1. The topological polar surface area (TPSA) is 74.4 Å². The molecule has 0 N–H and O–H groups in total. The summed E-state index contributed by atoms with van der Waals surface area (Å²) in [4.78, 5) is 21.6. The summed E-state index contributed by atoms with van der Waals surface area (Å²) >= 11 is 0. The van der Waals surface area contributed by atoms with E-state index in [0.29, 0.717) is 31.7 Å². The van der Waals surface area contributed by atoms with Gasteiger partial charge in [-0.05, 0) is 57.5 Å². The van der Waals surface area contributed by atoms with Crippen LogP contribution in [0.2, 0.25) is 0 Å². The standard InChI is InChI=1S/C25H29N5O2/c1-18-16-28(13-14-29(18)24(31)32-25(2,3)4)23-27-21-7-5-6-8-22(21)30(23)17-20-11-9-19(15-26)10-12-20/h5-12,18H,13-14,16-17H2,1-4H3/t18-/m0/s1. The number of carbonyl (C=O) groups is 1. The van der Waals surface area contributed by atoms with Gasteiger partial charge in [-0.25, -0.2) is 9.78 Å². The predicted molar refractivity (Wildman–Crippen MR) is 125 cm³/mol. The SMILES string of the molecule is C[C@H]1CN(c2nc3ccccc3n2Cc2ccc(C#N)cc2)CCN1C(=O)OC(C)(C)C. The summed E-state index contributed by atoms with van der Waals surface area (Å²) in [5.74, 6) is 0.895. The monoisotopic (exact) mass is 431 g/mol. The summed E-state index contributed by atoms with van der Waals surface area (Å²) in [6, 6.07) is 17.9. The van der Waals surface area contributed by atoms with Gasteiger partial charge in [0.25, 0.3) is 0 Å². The Labute approximate surface area is 188 Å². The Bertz CT molecular complexity index is 1150. The largest absolute Gasteiger partial charge is 0.444 e. The number of hydrogen-bond acceptors (Lipinski definition) is 5. The number of anilines is 1. The highest BCUT2D eigenvalue weighted by molar-refractivity contribution is 5.79. The van der Waals surface area contributed by atoms with Crippen LogP contribution in [0.25, 0.3) is 11.0 Å². The average molecular weight is 432 g/mol. The Hall–Kier alpha value is -3.53. The first-order valence-corrected chi connectivity index (χ1v) is 10.9. The van der Waals surface area contributed by atoms with E-state index in [0.717, 1.165) is 22.5 Å². The van der Waals surface area contributed by atoms with Crippen molar-refractivity contribution in [1.82, 2.24) is 14.5 Å². The Kier molecular flexibility index (Phi) is 5.79. The number of benzene rings is 2. The van der Waals surface area contributed by atoms with Crippen LogP contribution in [0.1, 0.15) is 38.8 Å². The van der Waals surface area contributed by atoms with Crippen LogP contribution in [0.15, 0.2) is 48.5 Å². The van der Waals surface area contributed by atoms with Crippen LogP contribution in [-0.2, 0) is 11.3 Å². The molecule has 1 aliphatic heterocycles. The van der Waals surface area contributed by atoms with Crippen LogP contribution in [-0.4, -0.2) is 51.8 Å². The van der Waals surface area contributed by atoms with Crippen molar-refractivity contribution in [2.24, 2.45) is 0 Å². The summed E-state index contributed by atoms with van der Waals surface area (Å²) in [5.41, 5.74) is 3.25. The minimum atomic E-state index is -0.511. The number of rotatable bonds is 3. The van der Waals surface area contributed by atoms with E-state index in [-0.39, 0.29) is 12.1 Å². The van der Waals surface area contributed by atoms with Gasteiger partial charge in [0.05, 0.1) is 29.2 Å².